The van der Waals surface area contributed by atoms with Gasteiger partial charge in [-0.15, -0.1) is 0 Å². The molecule has 0 radical (unpaired) electrons. The molecule has 0 bridgehead atoms. The van der Waals surface area contributed by atoms with Crippen LogP contribution in [0.2, 0.25) is 10.0 Å². The van der Waals surface area contributed by atoms with Crippen LogP contribution >= 0.6 is 23.2 Å². The zero-order valence-corrected chi connectivity index (χ0v) is 14.7. The van der Waals surface area contributed by atoms with Gasteiger partial charge in [0.15, 0.2) is 0 Å². The van der Waals surface area contributed by atoms with E-state index in [1.54, 1.807) is 25.3 Å². The molecule has 1 aromatic rings. The third-order valence-electron chi connectivity index (χ3n) is 3.86. The van der Waals surface area contributed by atoms with E-state index in [4.69, 9.17) is 32.7 Å². The lowest BCUT2D eigenvalue weighted by Gasteiger charge is -2.31. The predicted molar refractivity (Wildman–Crippen MR) is 92.5 cm³/mol. The van der Waals surface area contributed by atoms with E-state index in [9.17, 15) is 4.79 Å². The number of amides is 2. The minimum atomic E-state index is -0.109. The van der Waals surface area contributed by atoms with Gasteiger partial charge < -0.3 is 19.7 Å². The zero-order valence-electron chi connectivity index (χ0n) is 13.2. The normalized spacial score (nSPS) is 15.7. The standard InChI is InChI=1S/C16H22Cl2N2O3/c1-22-8-9-23-11-12-4-6-20(7-5-12)16(21)19-13-2-3-14(17)15(18)10-13/h2-3,10,12H,4-9,11H2,1H3,(H,19,21). The van der Waals surface area contributed by atoms with E-state index in [0.717, 1.165) is 32.5 Å². The molecule has 2 amide bonds. The number of halogens is 2. The van der Waals surface area contributed by atoms with Crippen LogP contribution in [0.15, 0.2) is 18.2 Å². The monoisotopic (exact) mass is 360 g/mol. The Labute approximate surface area is 146 Å². The molecule has 7 heteroatoms. The molecule has 23 heavy (non-hydrogen) atoms. The lowest BCUT2D eigenvalue weighted by molar-refractivity contribution is 0.0386. The molecule has 0 unspecified atom stereocenters. The van der Waals surface area contributed by atoms with Gasteiger partial charge in [-0.1, -0.05) is 23.2 Å². The van der Waals surface area contributed by atoms with E-state index in [-0.39, 0.29) is 6.03 Å². The topological polar surface area (TPSA) is 50.8 Å². The van der Waals surface area contributed by atoms with Crippen molar-refractivity contribution >= 4 is 34.9 Å². The fourth-order valence-electron chi connectivity index (χ4n) is 2.47. The number of anilines is 1. The van der Waals surface area contributed by atoms with Crippen LogP contribution in [-0.4, -0.2) is 51.0 Å². The number of carbonyl (C=O) groups is 1. The first-order valence-corrected chi connectivity index (χ1v) is 8.43. The molecule has 0 atom stereocenters. The Hall–Kier alpha value is -1.01. The summed E-state index contributed by atoms with van der Waals surface area (Å²) in [5.74, 6) is 0.501. The Morgan fingerprint density at radius 3 is 2.65 bits per heavy atom. The summed E-state index contributed by atoms with van der Waals surface area (Å²) < 4.78 is 10.5. The van der Waals surface area contributed by atoms with Crippen LogP contribution in [0, 0.1) is 5.92 Å². The first-order chi connectivity index (χ1) is 11.1. The maximum Gasteiger partial charge on any atom is 0.321 e. The molecule has 5 nitrogen and oxygen atoms in total. The second kappa shape index (κ2) is 9.33. The van der Waals surface area contributed by atoms with Crippen molar-refractivity contribution in [1.82, 2.24) is 4.90 Å². The molecule has 2 rings (SSSR count). The third kappa shape index (κ3) is 5.84. The van der Waals surface area contributed by atoms with E-state index < -0.39 is 0 Å². The van der Waals surface area contributed by atoms with Crippen molar-refractivity contribution in [3.8, 4) is 0 Å². The van der Waals surface area contributed by atoms with Crippen LogP contribution in [0.3, 0.4) is 0 Å². The van der Waals surface area contributed by atoms with Gasteiger partial charge in [0.1, 0.15) is 0 Å². The summed E-state index contributed by atoms with van der Waals surface area (Å²) in [7, 11) is 1.66. The molecule has 1 saturated heterocycles. The Morgan fingerprint density at radius 1 is 1.26 bits per heavy atom. The molecule has 1 aromatic carbocycles. The highest BCUT2D eigenvalue weighted by molar-refractivity contribution is 6.42. The number of nitrogens with one attached hydrogen (secondary N) is 1. The highest BCUT2D eigenvalue weighted by atomic mass is 35.5. The van der Waals surface area contributed by atoms with Crippen LogP contribution < -0.4 is 5.32 Å². The molecular formula is C16H22Cl2N2O3. The largest absolute Gasteiger partial charge is 0.382 e. The first kappa shape index (κ1) is 18.3. The van der Waals surface area contributed by atoms with Gasteiger partial charge in [-0.25, -0.2) is 4.79 Å². The molecule has 1 fully saturated rings. The van der Waals surface area contributed by atoms with Crippen molar-refractivity contribution in [1.29, 1.82) is 0 Å². The van der Waals surface area contributed by atoms with Crippen molar-refractivity contribution < 1.29 is 14.3 Å². The number of carbonyl (C=O) groups excluding carboxylic acids is 1. The highest BCUT2D eigenvalue weighted by Gasteiger charge is 2.23. The van der Waals surface area contributed by atoms with Crippen molar-refractivity contribution in [2.24, 2.45) is 5.92 Å². The minimum Gasteiger partial charge on any atom is -0.382 e. The minimum absolute atomic E-state index is 0.109. The van der Waals surface area contributed by atoms with E-state index in [1.807, 2.05) is 4.90 Å². The molecule has 0 spiro atoms. The fraction of sp³-hybridized carbons (Fsp3) is 0.562. The number of benzene rings is 1. The summed E-state index contributed by atoms with van der Waals surface area (Å²) in [6.45, 7) is 3.42. The van der Waals surface area contributed by atoms with Crippen LogP contribution in [0.1, 0.15) is 12.8 Å². The van der Waals surface area contributed by atoms with Crippen LogP contribution in [-0.2, 0) is 9.47 Å². The molecule has 1 aliphatic heterocycles. The Bertz CT molecular complexity index is 520. The molecule has 1 aliphatic rings. The molecular weight excluding hydrogens is 339 g/mol. The van der Waals surface area contributed by atoms with Gasteiger partial charge >= 0.3 is 6.03 Å². The Balaban J connectivity index is 1.74. The predicted octanol–water partition coefficient (Wildman–Crippen LogP) is 3.90. The maximum absolute atomic E-state index is 12.3. The lowest BCUT2D eigenvalue weighted by atomic mass is 9.98. The van der Waals surface area contributed by atoms with Crippen molar-refractivity contribution in [2.75, 3.05) is 45.3 Å². The van der Waals surface area contributed by atoms with E-state index >= 15 is 0 Å². The number of likely N-dealkylation sites (tertiary alicyclic amines) is 1. The number of piperidine rings is 1. The van der Waals surface area contributed by atoms with Crippen molar-refractivity contribution in [3.05, 3.63) is 28.2 Å². The average molecular weight is 361 g/mol. The molecule has 0 aliphatic carbocycles. The van der Waals surface area contributed by atoms with Gasteiger partial charge in [-0.3, -0.25) is 0 Å². The molecule has 1 heterocycles. The van der Waals surface area contributed by atoms with Gasteiger partial charge in [-0.2, -0.15) is 0 Å². The summed E-state index contributed by atoms with van der Waals surface area (Å²) in [4.78, 5) is 14.1. The van der Waals surface area contributed by atoms with Crippen molar-refractivity contribution in [2.45, 2.75) is 12.8 Å². The third-order valence-corrected chi connectivity index (χ3v) is 4.60. The van der Waals surface area contributed by atoms with Crippen LogP contribution in [0.4, 0.5) is 10.5 Å². The first-order valence-electron chi connectivity index (χ1n) is 7.68. The SMILES string of the molecule is COCCOCC1CCN(C(=O)Nc2ccc(Cl)c(Cl)c2)CC1. The Morgan fingerprint density at radius 2 is 2.00 bits per heavy atom. The molecule has 128 valence electrons. The van der Waals surface area contributed by atoms with Gasteiger partial charge in [0.05, 0.1) is 23.3 Å². The zero-order chi connectivity index (χ0) is 16.7. The van der Waals surface area contributed by atoms with Crippen LogP contribution in [0.25, 0.3) is 0 Å². The highest BCUT2D eigenvalue weighted by Crippen LogP contribution is 2.25. The average Bonchev–Trinajstić information content (AvgIpc) is 2.55. The summed E-state index contributed by atoms with van der Waals surface area (Å²) in [5.41, 5.74) is 0.648. The molecule has 1 N–H and O–H groups in total. The molecule has 0 aromatic heterocycles. The summed E-state index contributed by atoms with van der Waals surface area (Å²) >= 11 is 11.8. The second-order valence-electron chi connectivity index (χ2n) is 5.56. The number of hydrogen-bond donors (Lipinski definition) is 1. The van der Waals surface area contributed by atoms with E-state index in [0.29, 0.717) is 34.9 Å². The van der Waals surface area contributed by atoms with E-state index in [1.165, 1.54) is 0 Å². The molecule has 0 saturated carbocycles. The number of hydrogen-bond acceptors (Lipinski definition) is 3. The smallest absolute Gasteiger partial charge is 0.321 e. The number of rotatable bonds is 6. The van der Waals surface area contributed by atoms with Crippen LogP contribution in [0.5, 0.6) is 0 Å². The number of methoxy groups -OCH3 is 1. The van der Waals surface area contributed by atoms with E-state index in [2.05, 4.69) is 5.32 Å². The fourth-order valence-corrected chi connectivity index (χ4v) is 2.77. The lowest BCUT2D eigenvalue weighted by Crippen LogP contribution is -2.41. The Kier molecular flexibility index (Phi) is 7.43. The maximum atomic E-state index is 12.3. The number of nitrogens with zero attached hydrogens (tertiary/aromatic N) is 1. The van der Waals surface area contributed by atoms with Gasteiger partial charge in [0.25, 0.3) is 0 Å². The second-order valence-corrected chi connectivity index (χ2v) is 6.37. The van der Waals surface area contributed by atoms with Gasteiger partial charge in [0.2, 0.25) is 0 Å². The summed E-state index contributed by atoms with van der Waals surface area (Å²) in [5, 5.41) is 3.75. The number of ether oxygens (including phenoxy) is 2. The summed E-state index contributed by atoms with van der Waals surface area (Å²) in [6.07, 6.45) is 1.89. The van der Waals surface area contributed by atoms with Gasteiger partial charge in [0, 0.05) is 32.5 Å². The summed E-state index contributed by atoms with van der Waals surface area (Å²) in [6, 6.07) is 4.95. The van der Waals surface area contributed by atoms with Crippen molar-refractivity contribution in [3.63, 3.8) is 0 Å². The quantitative estimate of drug-likeness (QED) is 0.782. The van der Waals surface area contributed by atoms with Gasteiger partial charge in [-0.05, 0) is 37.0 Å². The number of urea groups is 1.